The minimum absolute atomic E-state index is 0.0494. The Morgan fingerprint density at radius 3 is 2.26 bits per heavy atom. The van der Waals surface area contributed by atoms with Crippen LogP contribution in [0.3, 0.4) is 0 Å². The van der Waals surface area contributed by atoms with Crippen molar-refractivity contribution in [3.05, 3.63) is 70.8 Å². The highest BCUT2D eigenvalue weighted by atomic mass is 32.2. The quantitative estimate of drug-likeness (QED) is 0.801. The highest BCUT2D eigenvalue weighted by Crippen LogP contribution is 2.16. The number of carbonyl (C=O) groups is 1. The Bertz CT molecular complexity index is 619. The summed E-state index contributed by atoms with van der Waals surface area (Å²) in [6.07, 6.45) is 1.04. The summed E-state index contributed by atoms with van der Waals surface area (Å²) in [4.78, 5) is 12.1. The summed E-state index contributed by atoms with van der Waals surface area (Å²) in [5.41, 5.74) is 5.00. The summed E-state index contributed by atoms with van der Waals surface area (Å²) in [6, 6.07) is 17.0. The number of hydrogen-bond acceptors (Lipinski definition) is 2. The van der Waals surface area contributed by atoms with Gasteiger partial charge >= 0.3 is 0 Å². The Morgan fingerprint density at radius 2 is 1.65 bits per heavy atom. The van der Waals surface area contributed by atoms with Gasteiger partial charge in [0.1, 0.15) is 0 Å². The zero-order valence-corrected chi connectivity index (χ0v) is 15.0. The number of rotatable bonds is 7. The van der Waals surface area contributed by atoms with Gasteiger partial charge in [0.15, 0.2) is 0 Å². The van der Waals surface area contributed by atoms with Crippen LogP contribution in [0.15, 0.2) is 48.5 Å². The molecular formula is C20H25NOS. The average molecular weight is 327 g/mol. The molecule has 0 spiro atoms. The number of hydrogen-bond donors (Lipinski definition) is 1. The van der Waals surface area contributed by atoms with E-state index in [4.69, 9.17) is 0 Å². The van der Waals surface area contributed by atoms with Gasteiger partial charge in [-0.1, -0.05) is 61.0 Å². The van der Waals surface area contributed by atoms with Gasteiger partial charge < -0.3 is 5.32 Å². The average Bonchev–Trinajstić information content (AvgIpc) is 2.56. The number of aryl methyl sites for hydroxylation is 2. The molecule has 0 heterocycles. The summed E-state index contributed by atoms with van der Waals surface area (Å²) in [6.45, 7) is 6.26. The molecule has 2 nitrogen and oxygen atoms in total. The van der Waals surface area contributed by atoms with Gasteiger partial charge in [0.05, 0.1) is 11.8 Å². The first-order valence-corrected chi connectivity index (χ1v) is 9.25. The number of nitrogens with one attached hydrogen (secondary N) is 1. The van der Waals surface area contributed by atoms with Crippen molar-refractivity contribution in [2.75, 3.05) is 5.75 Å². The van der Waals surface area contributed by atoms with E-state index in [0.29, 0.717) is 5.75 Å². The van der Waals surface area contributed by atoms with Gasteiger partial charge in [-0.05, 0) is 37.0 Å². The highest BCUT2D eigenvalue weighted by molar-refractivity contribution is 7.99. The molecule has 1 N–H and O–H groups in total. The number of amides is 1. The SMILES string of the molecule is CCc1ccc([C@H](C)NC(=O)CSCc2ccc(C)cc2)cc1. The zero-order chi connectivity index (χ0) is 16.7. The summed E-state index contributed by atoms with van der Waals surface area (Å²) >= 11 is 1.65. The molecule has 2 rings (SSSR count). The molecule has 2 aromatic rings. The predicted octanol–water partition coefficient (Wildman–Crippen LogP) is 4.67. The molecule has 0 unspecified atom stereocenters. The van der Waals surface area contributed by atoms with E-state index in [0.717, 1.165) is 17.7 Å². The van der Waals surface area contributed by atoms with Gasteiger partial charge in [-0.15, -0.1) is 11.8 Å². The van der Waals surface area contributed by atoms with Crippen LogP contribution >= 0.6 is 11.8 Å². The molecule has 0 saturated heterocycles. The Morgan fingerprint density at radius 1 is 1.04 bits per heavy atom. The largest absolute Gasteiger partial charge is 0.349 e. The van der Waals surface area contributed by atoms with Crippen molar-refractivity contribution in [3.63, 3.8) is 0 Å². The number of benzene rings is 2. The Hall–Kier alpha value is -1.74. The van der Waals surface area contributed by atoms with Crippen molar-refractivity contribution >= 4 is 17.7 Å². The molecular weight excluding hydrogens is 302 g/mol. The minimum Gasteiger partial charge on any atom is -0.349 e. The molecule has 0 aromatic heterocycles. The van der Waals surface area contributed by atoms with Crippen LogP contribution in [0.5, 0.6) is 0 Å². The van der Waals surface area contributed by atoms with Gasteiger partial charge in [-0.3, -0.25) is 4.79 Å². The maximum absolute atomic E-state index is 12.1. The van der Waals surface area contributed by atoms with Gasteiger partial charge in [-0.25, -0.2) is 0 Å². The van der Waals surface area contributed by atoms with Crippen molar-refractivity contribution in [2.24, 2.45) is 0 Å². The lowest BCUT2D eigenvalue weighted by Crippen LogP contribution is -2.28. The second-order valence-corrected chi connectivity index (χ2v) is 6.85. The summed E-state index contributed by atoms with van der Waals surface area (Å²) in [5.74, 6) is 1.45. The highest BCUT2D eigenvalue weighted by Gasteiger charge is 2.09. The van der Waals surface area contributed by atoms with Crippen molar-refractivity contribution < 1.29 is 4.79 Å². The molecule has 0 aliphatic rings. The first-order valence-electron chi connectivity index (χ1n) is 8.10. The van der Waals surface area contributed by atoms with Crippen LogP contribution in [0.25, 0.3) is 0 Å². The zero-order valence-electron chi connectivity index (χ0n) is 14.1. The van der Waals surface area contributed by atoms with Gasteiger partial charge in [-0.2, -0.15) is 0 Å². The molecule has 0 saturated carbocycles. The second kappa shape index (κ2) is 8.78. The topological polar surface area (TPSA) is 29.1 Å². The molecule has 0 aliphatic heterocycles. The van der Waals surface area contributed by atoms with Crippen LogP contribution < -0.4 is 5.32 Å². The third-order valence-corrected chi connectivity index (χ3v) is 4.89. The van der Waals surface area contributed by atoms with Gasteiger partial charge in [0.25, 0.3) is 0 Å². The molecule has 0 radical (unpaired) electrons. The van der Waals surface area contributed by atoms with E-state index in [9.17, 15) is 4.79 Å². The summed E-state index contributed by atoms with van der Waals surface area (Å²) < 4.78 is 0. The molecule has 0 fully saturated rings. The fourth-order valence-electron chi connectivity index (χ4n) is 2.35. The molecule has 0 aliphatic carbocycles. The third-order valence-electron chi connectivity index (χ3n) is 3.89. The third kappa shape index (κ3) is 5.76. The van der Waals surface area contributed by atoms with E-state index in [2.05, 4.69) is 67.7 Å². The van der Waals surface area contributed by atoms with E-state index in [1.165, 1.54) is 16.7 Å². The van der Waals surface area contributed by atoms with Crippen LogP contribution in [0.1, 0.15) is 42.1 Å². The van der Waals surface area contributed by atoms with Crippen LogP contribution in [0, 0.1) is 6.92 Å². The van der Waals surface area contributed by atoms with Gasteiger partial charge in [0.2, 0.25) is 5.91 Å². The monoisotopic (exact) mass is 327 g/mol. The van der Waals surface area contributed by atoms with Crippen LogP contribution in [0.2, 0.25) is 0 Å². The molecule has 3 heteroatoms. The number of thioether (sulfide) groups is 1. The van der Waals surface area contributed by atoms with Crippen molar-refractivity contribution in [1.29, 1.82) is 0 Å². The fourth-order valence-corrected chi connectivity index (χ4v) is 3.15. The first-order chi connectivity index (χ1) is 11.1. The van der Waals surface area contributed by atoms with E-state index in [1.807, 2.05) is 6.92 Å². The standard InChI is InChI=1S/C20H25NOS/c1-4-17-9-11-19(12-10-17)16(3)21-20(22)14-23-13-18-7-5-15(2)6-8-18/h5-12,16H,4,13-14H2,1-3H3,(H,21,22)/t16-/m0/s1. The lowest BCUT2D eigenvalue weighted by molar-refractivity contribution is -0.119. The number of carbonyl (C=O) groups excluding carboxylic acids is 1. The normalized spacial score (nSPS) is 12.0. The predicted molar refractivity (Wildman–Crippen MR) is 99.7 cm³/mol. The maximum Gasteiger partial charge on any atom is 0.230 e. The van der Waals surface area contributed by atoms with E-state index in [-0.39, 0.29) is 11.9 Å². The molecule has 2 aromatic carbocycles. The molecule has 1 amide bonds. The van der Waals surface area contributed by atoms with Crippen LogP contribution in [0.4, 0.5) is 0 Å². The van der Waals surface area contributed by atoms with Gasteiger partial charge in [0, 0.05) is 5.75 Å². The molecule has 0 bridgehead atoms. The van der Waals surface area contributed by atoms with Crippen LogP contribution in [-0.2, 0) is 17.0 Å². The van der Waals surface area contributed by atoms with Crippen molar-refractivity contribution in [1.82, 2.24) is 5.32 Å². The fraction of sp³-hybridized carbons (Fsp3) is 0.350. The lowest BCUT2D eigenvalue weighted by atomic mass is 10.1. The first kappa shape index (κ1) is 17.6. The van der Waals surface area contributed by atoms with Crippen LogP contribution in [-0.4, -0.2) is 11.7 Å². The summed E-state index contributed by atoms with van der Waals surface area (Å²) in [5, 5.41) is 3.07. The second-order valence-electron chi connectivity index (χ2n) is 5.86. The maximum atomic E-state index is 12.1. The summed E-state index contributed by atoms with van der Waals surface area (Å²) in [7, 11) is 0. The van der Waals surface area contributed by atoms with E-state index in [1.54, 1.807) is 11.8 Å². The van der Waals surface area contributed by atoms with Crippen molar-refractivity contribution in [2.45, 2.75) is 39.0 Å². The molecule has 122 valence electrons. The molecule has 23 heavy (non-hydrogen) atoms. The minimum atomic E-state index is 0.0494. The lowest BCUT2D eigenvalue weighted by Gasteiger charge is -2.14. The Kier molecular flexibility index (Phi) is 6.72. The Labute approximate surface area is 143 Å². The van der Waals surface area contributed by atoms with Crippen molar-refractivity contribution in [3.8, 4) is 0 Å². The van der Waals surface area contributed by atoms with E-state index < -0.39 is 0 Å². The molecule has 1 atom stereocenters. The Balaban J connectivity index is 1.76. The van der Waals surface area contributed by atoms with E-state index >= 15 is 0 Å². The smallest absolute Gasteiger partial charge is 0.230 e.